The fourth-order valence-electron chi connectivity index (χ4n) is 5.57. The highest BCUT2D eigenvalue weighted by atomic mass is 19.1. The van der Waals surface area contributed by atoms with E-state index in [4.69, 9.17) is 0 Å². The van der Waals surface area contributed by atoms with Gasteiger partial charge in [0.1, 0.15) is 5.82 Å². The molecule has 1 aromatic carbocycles. The molecule has 2 aliphatic rings. The first kappa shape index (κ1) is 25.4. The van der Waals surface area contributed by atoms with E-state index >= 15 is 4.39 Å². The van der Waals surface area contributed by atoms with Gasteiger partial charge < -0.3 is 16.0 Å². The average Bonchev–Trinajstić information content (AvgIpc) is 3.50. The topological polar surface area (TPSA) is 105 Å². The number of hydrogen-bond acceptors (Lipinski definition) is 8. The monoisotopic (exact) mass is 511 g/mol. The normalized spacial score (nSPS) is 19.3. The van der Waals surface area contributed by atoms with Crippen LogP contribution in [0.1, 0.15) is 90.4 Å². The second-order valence-electron chi connectivity index (χ2n) is 11.9. The molecule has 37 heavy (non-hydrogen) atoms. The van der Waals surface area contributed by atoms with Gasteiger partial charge in [-0.05, 0) is 87.4 Å². The zero-order valence-electron chi connectivity index (χ0n) is 22.2. The molecule has 0 spiro atoms. The Kier molecular flexibility index (Phi) is 6.37. The maximum atomic E-state index is 15.3. The van der Waals surface area contributed by atoms with Crippen molar-refractivity contribution in [2.75, 3.05) is 10.6 Å². The fraction of sp³-hybridized carbons (Fsp3) is 0.577. The highest BCUT2D eigenvalue weighted by Gasteiger charge is 2.38. The molecule has 0 unspecified atom stereocenters. The fourth-order valence-corrected chi connectivity index (χ4v) is 5.57. The van der Waals surface area contributed by atoms with E-state index in [0.717, 1.165) is 43.1 Å². The molecule has 1 saturated heterocycles. The summed E-state index contributed by atoms with van der Waals surface area (Å²) in [6.45, 7) is 12.5. The largest absolute Gasteiger partial charge is 0.365 e. The molecule has 198 valence electrons. The van der Waals surface area contributed by atoms with E-state index in [-0.39, 0.29) is 46.4 Å². The molecule has 5 rings (SSSR count). The number of rotatable bonds is 7. The summed E-state index contributed by atoms with van der Waals surface area (Å²) in [6.07, 6.45) is 4.70. The Morgan fingerprint density at radius 2 is 1.76 bits per heavy atom. The Labute approximate surface area is 215 Å². The Morgan fingerprint density at radius 1 is 1.05 bits per heavy atom. The van der Waals surface area contributed by atoms with E-state index in [1.807, 2.05) is 13.8 Å². The van der Waals surface area contributed by atoms with Crippen molar-refractivity contribution in [2.24, 2.45) is 0 Å². The molecule has 1 aliphatic carbocycles. The number of hydrogen-bond donors (Lipinski definition) is 3. The number of tetrazole rings is 1. The van der Waals surface area contributed by atoms with Crippen LogP contribution in [0.2, 0.25) is 0 Å². The summed E-state index contributed by atoms with van der Waals surface area (Å²) >= 11 is 0. The van der Waals surface area contributed by atoms with Crippen LogP contribution in [0, 0.1) is 11.6 Å². The standard InChI is InChI=1S/C26H35F2N9/c1-14(2)23-33-35-36-37(23)21-10-20(18(27)9-17(21)15-7-8-15)31-24-29-13-19(28)22(32-24)30-16-11-25(3,4)34-26(5,6)12-16/h9-10,13-16,34H,7-8,11-12H2,1-6H3,(H2,29,30,31,32). The zero-order valence-corrected chi connectivity index (χ0v) is 22.2. The number of benzene rings is 1. The third-order valence-corrected chi connectivity index (χ3v) is 6.89. The van der Waals surface area contributed by atoms with E-state index in [2.05, 4.69) is 69.1 Å². The van der Waals surface area contributed by atoms with Crippen LogP contribution in [0.15, 0.2) is 18.3 Å². The van der Waals surface area contributed by atoms with Gasteiger partial charge in [0.05, 0.1) is 17.6 Å². The molecule has 3 aromatic rings. The summed E-state index contributed by atoms with van der Waals surface area (Å²) < 4.78 is 31.6. The zero-order chi connectivity index (χ0) is 26.5. The number of halogens is 2. The summed E-state index contributed by atoms with van der Waals surface area (Å²) in [6, 6.07) is 3.23. The third-order valence-electron chi connectivity index (χ3n) is 6.89. The van der Waals surface area contributed by atoms with Gasteiger partial charge in [-0.1, -0.05) is 13.8 Å². The van der Waals surface area contributed by atoms with Crippen LogP contribution < -0.4 is 16.0 Å². The Morgan fingerprint density at radius 3 is 2.41 bits per heavy atom. The summed E-state index contributed by atoms with van der Waals surface area (Å²) in [7, 11) is 0. The smallest absolute Gasteiger partial charge is 0.229 e. The van der Waals surface area contributed by atoms with Crippen molar-refractivity contribution < 1.29 is 8.78 Å². The Hall–Kier alpha value is -3.21. The minimum atomic E-state index is -0.555. The van der Waals surface area contributed by atoms with Gasteiger partial charge in [0.2, 0.25) is 5.95 Å². The van der Waals surface area contributed by atoms with E-state index in [1.54, 1.807) is 10.7 Å². The molecule has 1 aliphatic heterocycles. The molecule has 0 amide bonds. The number of piperidine rings is 1. The van der Waals surface area contributed by atoms with Gasteiger partial charge in [-0.15, -0.1) is 5.10 Å². The number of nitrogens with zero attached hydrogens (tertiary/aromatic N) is 6. The lowest BCUT2D eigenvalue weighted by atomic mass is 9.79. The predicted molar refractivity (Wildman–Crippen MR) is 138 cm³/mol. The SMILES string of the molecule is CC(C)c1nnnn1-c1cc(Nc2ncc(F)c(NC3CC(C)(C)NC(C)(C)C3)n2)c(F)cc1C1CC1. The predicted octanol–water partition coefficient (Wildman–Crippen LogP) is 5.20. The average molecular weight is 512 g/mol. The molecule has 0 radical (unpaired) electrons. The number of anilines is 3. The summed E-state index contributed by atoms with van der Waals surface area (Å²) in [5, 5.41) is 22.0. The molecule has 0 bridgehead atoms. The van der Waals surface area contributed by atoms with Crippen LogP contribution in [0.5, 0.6) is 0 Å². The second-order valence-corrected chi connectivity index (χ2v) is 11.9. The van der Waals surface area contributed by atoms with Gasteiger partial charge in [-0.2, -0.15) is 9.67 Å². The maximum absolute atomic E-state index is 15.3. The molecule has 1 saturated carbocycles. The molecular formula is C26H35F2N9. The van der Waals surface area contributed by atoms with E-state index < -0.39 is 11.6 Å². The maximum Gasteiger partial charge on any atom is 0.229 e. The molecule has 11 heteroatoms. The van der Waals surface area contributed by atoms with Crippen LogP contribution in [-0.4, -0.2) is 47.3 Å². The van der Waals surface area contributed by atoms with Crippen molar-refractivity contribution in [1.29, 1.82) is 0 Å². The highest BCUT2D eigenvalue weighted by Crippen LogP contribution is 2.44. The van der Waals surface area contributed by atoms with Gasteiger partial charge in [-0.25, -0.2) is 13.8 Å². The van der Waals surface area contributed by atoms with Crippen LogP contribution in [0.4, 0.5) is 26.2 Å². The molecule has 2 fully saturated rings. The number of nitrogens with one attached hydrogen (secondary N) is 3. The molecular weight excluding hydrogens is 476 g/mol. The van der Waals surface area contributed by atoms with E-state index in [1.165, 1.54) is 6.07 Å². The van der Waals surface area contributed by atoms with Gasteiger partial charge in [0.25, 0.3) is 0 Å². The van der Waals surface area contributed by atoms with Gasteiger partial charge in [-0.3, -0.25) is 0 Å². The van der Waals surface area contributed by atoms with E-state index in [9.17, 15) is 4.39 Å². The van der Waals surface area contributed by atoms with Crippen molar-refractivity contribution >= 4 is 17.5 Å². The van der Waals surface area contributed by atoms with Crippen molar-refractivity contribution in [2.45, 2.75) is 96.2 Å². The van der Waals surface area contributed by atoms with Crippen molar-refractivity contribution in [3.05, 3.63) is 41.4 Å². The van der Waals surface area contributed by atoms with E-state index in [0.29, 0.717) is 5.82 Å². The van der Waals surface area contributed by atoms with Crippen molar-refractivity contribution in [3.63, 3.8) is 0 Å². The summed E-state index contributed by atoms with van der Waals surface area (Å²) in [5.74, 6) is 0.253. The lowest BCUT2D eigenvalue weighted by molar-refractivity contribution is 0.170. The van der Waals surface area contributed by atoms with Gasteiger partial charge in [0, 0.05) is 23.0 Å². The molecule has 3 heterocycles. The second kappa shape index (κ2) is 9.27. The minimum Gasteiger partial charge on any atom is -0.365 e. The van der Waals surface area contributed by atoms with Crippen LogP contribution in [-0.2, 0) is 0 Å². The van der Waals surface area contributed by atoms with Gasteiger partial charge in [0.15, 0.2) is 17.5 Å². The lowest BCUT2D eigenvalue weighted by Gasteiger charge is -2.46. The quantitative estimate of drug-likeness (QED) is 0.398. The lowest BCUT2D eigenvalue weighted by Crippen LogP contribution is -2.60. The van der Waals surface area contributed by atoms with Gasteiger partial charge >= 0.3 is 0 Å². The third kappa shape index (κ3) is 5.56. The Bertz CT molecular complexity index is 1280. The molecule has 3 N–H and O–H groups in total. The molecule has 0 atom stereocenters. The molecule has 2 aromatic heterocycles. The minimum absolute atomic E-state index is 0.0129. The van der Waals surface area contributed by atoms with Crippen molar-refractivity contribution in [3.8, 4) is 5.69 Å². The number of aromatic nitrogens is 6. The molecule has 9 nitrogen and oxygen atoms in total. The first-order chi connectivity index (χ1) is 17.4. The summed E-state index contributed by atoms with van der Waals surface area (Å²) in [5.41, 5.74) is 1.54. The van der Waals surface area contributed by atoms with Crippen LogP contribution in [0.25, 0.3) is 5.69 Å². The van der Waals surface area contributed by atoms with Crippen molar-refractivity contribution in [1.82, 2.24) is 35.5 Å². The van der Waals surface area contributed by atoms with Crippen LogP contribution in [0.3, 0.4) is 0 Å². The first-order valence-electron chi connectivity index (χ1n) is 12.9. The Balaban J connectivity index is 1.44. The van der Waals surface area contributed by atoms with Crippen LogP contribution >= 0.6 is 0 Å². The first-order valence-corrected chi connectivity index (χ1v) is 12.9. The summed E-state index contributed by atoms with van der Waals surface area (Å²) in [4.78, 5) is 8.43. The highest BCUT2D eigenvalue weighted by molar-refractivity contribution is 5.63.